The number of nitrogens with zero attached hydrogens (tertiary/aromatic N) is 1. The van der Waals surface area contributed by atoms with E-state index in [-0.39, 0.29) is 0 Å². The molecule has 1 unspecified atom stereocenters. The molecule has 106 valence electrons. The molecule has 1 aliphatic heterocycles. The molecule has 3 nitrogen and oxygen atoms in total. The molecule has 0 radical (unpaired) electrons. The Balaban J connectivity index is 2.13. The highest BCUT2D eigenvalue weighted by Gasteiger charge is 2.18. The highest BCUT2D eigenvalue weighted by Crippen LogP contribution is 2.29. The van der Waals surface area contributed by atoms with Gasteiger partial charge in [0.25, 0.3) is 0 Å². The number of hydrogen-bond donors (Lipinski definition) is 1. The van der Waals surface area contributed by atoms with Crippen LogP contribution in [0.3, 0.4) is 0 Å². The van der Waals surface area contributed by atoms with Crippen molar-refractivity contribution < 1.29 is 4.21 Å². The smallest absolute Gasteiger partial charge is 0.0642 e. The summed E-state index contributed by atoms with van der Waals surface area (Å²) in [4.78, 5) is 2.23. The van der Waals surface area contributed by atoms with Gasteiger partial charge in [0.2, 0.25) is 0 Å². The largest absolute Gasteiger partial charge is 0.368 e. The third kappa shape index (κ3) is 3.71. The van der Waals surface area contributed by atoms with Crippen molar-refractivity contribution in [3.8, 4) is 0 Å². The zero-order valence-corrected chi connectivity index (χ0v) is 13.1. The number of halogens is 1. The highest BCUT2D eigenvalue weighted by atomic mass is 35.5. The first-order chi connectivity index (χ1) is 9.11. The van der Waals surface area contributed by atoms with Gasteiger partial charge in [0.15, 0.2) is 0 Å². The van der Waals surface area contributed by atoms with E-state index in [1.165, 1.54) is 5.56 Å². The van der Waals surface area contributed by atoms with E-state index in [2.05, 4.69) is 36.2 Å². The zero-order valence-electron chi connectivity index (χ0n) is 11.5. The van der Waals surface area contributed by atoms with E-state index in [1.807, 2.05) is 6.07 Å². The van der Waals surface area contributed by atoms with Crippen LogP contribution in [0, 0.1) is 0 Å². The minimum atomic E-state index is -0.650. The lowest BCUT2D eigenvalue weighted by Crippen LogP contribution is -2.37. The molecule has 5 heteroatoms. The van der Waals surface area contributed by atoms with E-state index in [1.54, 1.807) is 0 Å². The van der Waals surface area contributed by atoms with Crippen LogP contribution in [-0.2, 0) is 10.8 Å². The van der Waals surface area contributed by atoms with Gasteiger partial charge in [0.1, 0.15) is 0 Å². The van der Waals surface area contributed by atoms with Crippen LogP contribution < -0.4 is 10.2 Å². The molecule has 0 aliphatic carbocycles. The third-order valence-corrected chi connectivity index (χ3v) is 5.08. The Hall–Kier alpha value is -0.580. The van der Waals surface area contributed by atoms with Gasteiger partial charge < -0.3 is 10.2 Å². The number of benzene rings is 1. The molecule has 0 saturated carbocycles. The monoisotopic (exact) mass is 300 g/mol. The highest BCUT2D eigenvalue weighted by molar-refractivity contribution is 7.85. The molecule has 0 amide bonds. The second-order valence-electron chi connectivity index (χ2n) is 4.83. The quantitative estimate of drug-likeness (QED) is 0.927. The van der Waals surface area contributed by atoms with Crippen molar-refractivity contribution in [2.24, 2.45) is 0 Å². The maximum absolute atomic E-state index is 11.4. The van der Waals surface area contributed by atoms with Gasteiger partial charge in [-0.2, -0.15) is 0 Å². The standard InChI is InChI=1S/C14H21ClN2OS/c1-3-16-11(2)12-4-5-14(13(15)10-12)17-6-8-19(18)9-7-17/h4-5,10-11,16H,3,6-9H2,1-2H3. The Bertz CT molecular complexity index is 457. The van der Waals surface area contributed by atoms with Gasteiger partial charge in [-0.3, -0.25) is 4.21 Å². The lowest BCUT2D eigenvalue weighted by molar-refractivity contribution is 0.598. The molecule has 1 saturated heterocycles. The predicted molar refractivity (Wildman–Crippen MR) is 83.6 cm³/mol. The fourth-order valence-corrected chi connectivity index (χ4v) is 3.71. The lowest BCUT2D eigenvalue weighted by atomic mass is 10.1. The zero-order chi connectivity index (χ0) is 13.8. The van der Waals surface area contributed by atoms with Crippen molar-refractivity contribution in [2.45, 2.75) is 19.9 Å². The first-order valence-corrected chi connectivity index (χ1v) is 8.61. The molecule has 1 aromatic rings. The first-order valence-electron chi connectivity index (χ1n) is 6.74. The van der Waals surface area contributed by atoms with Crippen molar-refractivity contribution >= 4 is 28.1 Å². The van der Waals surface area contributed by atoms with E-state index < -0.39 is 10.8 Å². The lowest BCUT2D eigenvalue weighted by Gasteiger charge is -2.29. The molecule has 1 heterocycles. The van der Waals surface area contributed by atoms with Crippen LogP contribution in [0.2, 0.25) is 5.02 Å². The fraction of sp³-hybridized carbons (Fsp3) is 0.571. The molecule has 1 aromatic carbocycles. The van der Waals surface area contributed by atoms with E-state index in [9.17, 15) is 4.21 Å². The van der Waals surface area contributed by atoms with Crippen LogP contribution in [-0.4, -0.2) is 35.3 Å². The topological polar surface area (TPSA) is 32.3 Å². The third-order valence-electron chi connectivity index (χ3n) is 3.50. The van der Waals surface area contributed by atoms with Crippen molar-refractivity contribution in [3.63, 3.8) is 0 Å². The Labute approximate surface area is 122 Å². The van der Waals surface area contributed by atoms with Crippen LogP contribution in [0.25, 0.3) is 0 Å². The number of anilines is 1. The van der Waals surface area contributed by atoms with Gasteiger partial charge in [-0.1, -0.05) is 24.6 Å². The van der Waals surface area contributed by atoms with E-state index >= 15 is 0 Å². The summed E-state index contributed by atoms with van der Waals surface area (Å²) in [5.74, 6) is 1.48. The molecule has 0 aromatic heterocycles. The maximum atomic E-state index is 11.4. The van der Waals surface area contributed by atoms with Crippen molar-refractivity contribution in [1.29, 1.82) is 0 Å². The molecule has 1 fully saturated rings. The summed E-state index contributed by atoms with van der Waals surface area (Å²) < 4.78 is 11.4. The second kappa shape index (κ2) is 6.73. The van der Waals surface area contributed by atoms with Gasteiger partial charge in [-0.15, -0.1) is 0 Å². The average molecular weight is 301 g/mol. The molecule has 2 rings (SSSR count). The summed E-state index contributed by atoms with van der Waals surface area (Å²) >= 11 is 6.40. The van der Waals surface area contributed by atoms with Crippen LogP contribution in [0.15, 0.2) is 18.2 Å². The summed E-state index contributed by atoms with van der Waals surface area (Å²) in [6, 6.07) is 6.56. The van der Waals surface area contributed by atoms with E-state index in [0.717, 1.165) is 41.8 Å². The Morgan fingerprint density at radius 2 is 2.11 bits per heavy atom. The van der Waals surface area contributed by atoms with Gasteiger partial charge in [0.05, 0.1) is 10.7 Å². The summed E-state index contributed by atoms with van der Waals surface area (Å²) in [7, 11) is -0.650. The molecule has 1 atom stereocenters. The van der Waals surface area contributed by atoms with Gasteiger partial charge in [-0.25, -0.2) is 0 Å². The van der Waals surface area contributed by atoms with Crippen LogP contribution in [0.1, 0.15) is 25.5 Å². The summed E-state index contributed by atoms with van der Waals surface area (Å²) in [6.45, 7) is 6.83. The fourth-order valence-electron chi connectivity index (χ4n) is 2.35. The van der Waals surface area contributed by atoms with Crippen LogP contribution in [0.4, 0.5) is 5.69 Å². The number of nitrogens with one attached hydrogen (secondary N) is 1. The van der Waals surface area contributed by atoms with E-state index in [4.69, 9.17) is 11.6 Å². The van der Waals surface area contributed by atoms with Gasteiger partial charge in [-0.05, 0) is 31.2 Å². The summed E-state index contributed by atoms with van der Waals surface area (Å²) in [5, 5.41) is 4.17. The van der Waals surface area contributed by atoms with Crippen LogP contribution >= 0.6 is 11.6 Å². The normalized spacial score (nSPS) is 18.6. The molecule has 0 spiro atoms. The van der Waals surface area contributed by atoms with Gasteiger partial charge in [0, 0.05) is 41.4 Å². The molecule has 0 bridgehead atoms. The Kier molecular flexibility index (Phi) is 5.25. The van der Waals surface area contributed by atoms with Crippen molar-refractivity contribution in [1.82, 2.24) is 5.32 Å². The maximum Gasteiger partial charge on any atom is 0.0642 e. The first kappa shape index (κ1) is 14.8. The SMILES string of the molecule is CCNC(C)c1ccc(N2CCS(=O)CC2)c(Cl)c1. The summed E-state index contributed by atoms with van der Waals surface area (Å²) in [5.41, 5.74) is 2.27. The Morgan fingerprint density at radius 1 is 1.42 bits per heavy atom. The molecular weight excluding hydrogens is 280 g/mol. The second-order valence-corrected chi connectivity index (χ2v) is 6.93. The summed E-state index contributed by atoms with van der Waals surface area (Å²) in [6.07, 6.45) is 0. The van der Waals surface area contributed by atoms with Crippen LogP contribution in [0.5, 0.6) is 0 Å². The van der Waals surface area contributed by atoms with Crippen molar-refractivity contribution in [3.05, 3.63) is 28.8 Å². The molecule has 19 heavy (non-hydrogen) atoms. The minimum Gasteiger partial charge on any atom is -0.368 e. The average Bonchev–Trinajstić information content (AvgIpc) is 2.40. The number of rotatable bonds is 4. The number of hydrogen-bond acceptors (Lipinski definition) is 3. The molecule has 1 N–H and O–H groups in total. The van der Waals surface area contributed by atoms with E-state index in [0.29, 0.717) is 6.04 Å². The Morgan fingerprint density at radius 3 is 2.68 bits per heavy atom. The van der Waals surface area contributed by atoms with Crippen molar-refractivity contribution in [2.75, 3.05) is 36.0 Å². The predicted octanol–water partition coefficient (Wildman–Crippen LogP) is 2.58. The minimum absolute atomic E-state index is 0.311. The van der Waals surface area contributed by atoms with Gasteiger partial charge >= 0.3 is 0 Å². The molecular formula is C14H21ClN2OS. The molecule has 1 aliphatic rings.